The van der Waals surface area contributed by atoms with Gasteiger partial charge in [-0.25, -0.2) is 0 Å². The fourth-order valence-electron chi connectivity index (χ4n) is 6.71. The van der Waals surface area contributed by atoms with Gasteiger partial charge in [-0.15, -0.1) is 0 Å². The zero-order chi connectivity index (χ0) is 45.8. The Morgan fingerprint density at radius 1 is 0.333 bits per heavy atom. The molecule has 0 fully saturated rings. The highest BCUT2D eigenvalue weighted by atomic mass is 16.6. The minimum atomic E-state index is -0.790. The van der Waals surface area contributed by atoms with Gasteiger partial charge < -0.3 is 14.2 Å². The number of allylic oxidation sites excluding steroid dienone is 16. The van der Waals surface area contributed by atoms with Gasteiger partial charge in [0.05, 0.1) is 0 Å². The van der Waals surface area contributed by atoms with E-state index < -0.39 is 6.10 Å². The number of ether oxygens (including phenoxy) is 3. The zero-order valence-corrected chi connectivity index (χ0v) is 40.8. The van der Waals surface area contributed by atoms with Crippen molar-refractivity contribution in [3.63, 3.8) is 0 Å². The van der Waals surface area contributed by atoms with E-state index in [1.54, 1.807) is 0 Å². The van der Waals surface area contributed by atoms with E-state index in [9.17, 15) is 14.4 Å². The maximum atomic E-state index is 12.7. The second-order valence-electron chi connectivity index (χ2n) is 16.7. The third-order valence-corrected chi connectivity index (χ3v) is 10.6. The number of carbonyl (C=O) groups is 3. The van der Waals surface area contributed by atoms with Crippen molar-refractivity contribution >= 4 is 17.9 Å². The molecule has 0 spiro atoms. The van der Waals surface area contributed by atoms with E-state index in [1.165, 1.54) is 38.5 Å². The first-order valence-electron chi connectivity index (χ1n) is 25.7. The third-order valence-electron chi connectivity index (χ3n) is 10.6. The number of rotatable bonds is 45. The highest BCUT2D eigenvalue weighted by Crippen LogP contribution is 2.13. The highest BCUT2D eigenvalue weighted by molar-refractivity contribution is 5.71. The third kappa shape index (κ3) is 49.2. The molecule has 0 heterocycles. The maximum absolute atomic E-state index is 12.7. The molecule has 6 nitrogen and oxygen atoms in total. The molecule has 1 atom stereocenters. The van der Waals surface area contributed by atoms with Crippen molar-refractivity contribution in [3.05, 3.63) is 97.2 Å². The average molecular weight is 875 g/mol. The van der Waals surface area contributed by atoms with Crippen LogP contribution in [0.1, 0.15) is 226 Å². The Hall–Kier alpha value is -3.67. The van der Waals surface area contributed by atoms with Crippen LogP contribution in [0, 0.1) is 0 Å². The monoisotopic (exact) mass is 875 g/mol. The predicted molar refractivity (Wildman–Crippen MR) is 270 cm³/mol. The Bertz CT molecular complexity index is 1280. The summed E-state index contributed by atoms with van der Waals surface area (Å²) < 4.78 is 16.6. The van der Waals surface area contributed by atoms with E-state index in [0.29, 0.717) is 19.3 Å². The van der Waals surface area contributed by atoms with E-state index >= 15 is 0 Å². The first kappa shape index (κ1) is 59.3. The Balaban J connectivity index is 4.25. The lowest BCUT2D eigenvalue weighted by Crippen LogP contribution is -2.30. The van der Waals surface area contributed by atoms with Crippen LogP contribution in [0.25, 0.3) is 0 Å². The van der Waals surface area contributed by atoms with Gasteiger partial charge in [-0.1, -0.05) is 201 Å². The van der Waals surface area contributed by atoms with Gasteiger partial charge >= 0.3 is 17.9 Å². The number of hydrogen-bond donors (Lipinski definition) is 0. The Morgan fingerprint density at radius 2 is 0.619 bits per heavy atom. The molecule has 0 aromatic carbocycles. The summed E-state index contributed by atoms with van der Waals surface area (Å²) in [5.41, 5.74) is 0. The van der Waals surface area contributed by atoms with Crippen LogP contribution in [0.3, 0.4) is 0 Å². The van der Waals surface area contributed by atoms with Crippen molar-refractivity contribution in [3.8, 4) is 0 Å². The van der Waals surface area contributed by atoms with Gasteiger partial charge in [-0.2, -0.15) is 0 Å². The van der Waals surface area contributed by atoms with Crippen LogP contribution >= 0.6 is 0 Å². The lowest BCUT2D eigenvalue weighted by molar-refractivity contribution is -0.167. The number of unbranched alkanes of at least 4 members (excludes halogenated alkanes) is 18. The number of hydrogen-bond acceptors (Lipinski definition) is 6. The minimum Gasteiger partial charge on any atom is -0.462 e. The number of carbonyl (C=O) groups excluding carboxylic acids is 3. The quantitative estimate of drug-likeness (QED) is 0.0262. The topological polar surface area (TPSA) is 78.9 Å². The molecule has 358 valence electrons. The summed E-state index contributed by atoms with van der Waals surface area (Å²) in [6.45, 7) is 6.37. The molecule has 0 N–H and O–H groups in total. The Labute approximate surface area is 387 Å². The van der Waals surface area contributed by atoms with Crippen LogP contribution in [-0.2, 0) is 28.6 Å². The largest absolute Gasteiger partial charge is 0.462 e. The fourth-order valence-corrected chi connectivity index (χ4v) is 6.71. The van der Waals surface area contributed by atoms with Gasteiger partial charge in [-0.05, 0) is 103 Å². The molecule has 0 amide bonds. The van der Waals surface area contributed by atoms with Gasteiger partial charge in [0.25, 0.3) is 0 Å². The summed E-state index contributed by atoms with van der Waals surface area (Å²) in [5, 5.41) is 0. The smallest absolute Gasteiger partial charge is 0.306 e. The van der Waals surface area contributed by atoms with Gasteiger partial charge in [0.1, 0.15) is 13.2 Å². The molecule has 6 heteroatoms. The van der Waals surface area contributed by atoms with Gasteiger partial charge in [-0.3, -0.25) is 14.4 Å². The summed E-state index contributed by atoms with van der Waals surface area (Å²) in [6.07, 6.45) is 67.1. The summed E-state index contributed by atoms with van der Waals surface area (Å²) >= 11 is 0. The molecule has 0 aromatic rings. The molecule has 0 saturated carbocycles. The van der Waals surface area contributed by atoms with Crippen LogP contribution < -0.4 is 0 Å². The Morgan fingerprint density at radius 3 is 1.00 bits per heavy atom. The predicted octanol–water partition coefficient (Wildman–Crippen LogP) is 17.0. The zero-order valence-electron chi connectivity index (χ0n) is 40.8. The van der Waals surface area contributed by atoms with E-state index in [-0.39, 0.29) is 31.1 Å². The maximum Gasteiger partial charge on any atom is 0.306 e. The van der Waals surface area contributed by atoms with Crippen LogP contribution in [0.4, 0.5) is 0 Å². The van der Waals surface area contributed by atoms with E-state index in [2.05, 4.69) is 118 Å². The Kier molecular flexibility index (Phi) is 48.0. The van der Waals surface area contributed by atoms with Crippen molar-refractivity contribution in [2.45, 2.75) is 232 Å². The van der Waals surface area contributed by atoms with E-state index in [0.717, 1.165) is 148 Å². The van der Waals surface area contributed by atoms with Crippen molar-refractivity contribution in [1.82, 2.24) is 0 Å². The molecule has 0 bridgehead atoms. The second kappa shape index (κ2) is 51.0. The SMILES string of the molecule is CC/C=C\C/C=C\C/C=C\C/C=C\C/C=C\CCCCCCCC(=O)OCC(COC(=O)CCCCCCC)OC(=O)CCCCCCCC/C=C\C/C=C\C/C=C\CCCCC. The van der Waals surface area contributed by atoms with Crippen LogP contribution in [0.2, 0.25) is 0 Å². The highest BCUT2D eigenvalue weighted by Gasteiger charge is 2.19. The first-order valence-corrected chi connectivity index (χ1v) is 25.7. The molecule has 0 aliphatic rings. The van der Waals surface area contributed by atoms with Gasteiger partial charge in [0, 0.05) is 19.3 Å². The molecular formula is C57H94O6. The average Bonchev–Trinajstić information content (AvgIpc) is 3.28. The van der Waals surface area contributed by atoms with Crippen LogP contribution in [0.5, 0.6) is 0 Å². The lowest BCUT2D eigenvalue weighted by atomic mass is 10.1. The standard InChI is InChI=1S/C57H94O6/c1-4-7-10-13-15-17-19-21-23-25-27-28-30-31-33-35-37-39-41-44-47-50-56(59)62-53-54(52-61-55(58)49-46-43-12-9-6-3)63-57(60)51-48-45-42-40-38-36-34-32-29-26-24-22-20-18-16-14-11-8-5-2/h7,10,15-18,21-24,27-29,31-33,54H,4-6,8-9,11-14,19-20,25-26,30,34-53H2,1-3H3/b10-7-,17-15-,18-16-,23-21-,24-22-,28-27-,32-29-,33-31-. The molecule has 0 aliphatic carbocycles. The number of esters is 3. The molecule has 0 saturated heterocycles. The van der Waals surface area contributed by atoms with Crippen molar-refractivity contribution in [2.75, 3.05) is 13.2 Å². The summed E-state index contributed by atoms with van der Waals surface area (Å²) in [6, 6.07) is 0. The normalized spacial score (nSPS) is 12.9. The lowest BCUT2D eigenvalue weighted by Gasteiger charge is -2.18. The molecule has 0 radical (unpaired) electrons. The summed E-state index contributed by atoms with van der Waals surface area (Å²) in [4.78, 5) is 37.7. The summed E-state index contributed by atoms with van der Waals surface area (Å²) in [5.74, 6) is -0.941. The molecule has 0 rings (SSSR count). The van der Waals surface area contributed by atoms with Crippen LogP contribution in [-0.4, -0.2) is 37.2 Å². The van der Waals surface area contributed by atoms with E-state index in [4.69, 9.17) is 14.2 Å². The van der Waals surface area contributed by atoms with E-state index in [1.807, 2.05) is 0 Å². The second-order valence-corrected chi connectivity index (χ2v) is 16.7. The van der Waals surface area contributed by atoms with Gasteiger partial charge in [0.15, 0.2) is 6.10 Å². The molecule has 0 aromatic heterocycles. The van der Waals surface area contributed by atoms with Gasteiger partial charge in [0.2, 0.25) is 0 Å². The molecular weight excluding hydrogens is 781 g/mol. The minimum absolute atomic E-state index is 0.0913. The summed E-state index contributed by atoms with van der Waals surface area (Å²) in [7, 11) is 0. The molecule has 0 aliphatic heterocycles. The molecule has 1 unspecified atom stereocenters. The first-order chi connectivity index (χ1) is 31.0. The van der Waals surface area contributed by atoms with Crippen molar-refractivity contribution in [1.29, 1.82) is 0 Å². The van der Waals surface area contributed by atoms with Crippen LogP contribution in [0.15, 0.2) is 97.2 Å². The van der Waals surface area contributed by atoms with Crippen molar-refractivity contribution < 1.29 is 28.6 Å². The fraction of sp³-hybridized carbons (Fsp3) is 0.667. The van der Waals surface area contributed by atoms with Crippen molar-refractivity contribution in [2.24, 2.45) is 0 Å². The molecule has 63 heavy (non-hydrogen) atoms.